The average molecular weight is 352 g/mol. The summed E-state index contributed by atoms with van der Waals surface area (Å²) in [6, 6.07) is 0. The zero-order chi connectivity index (χ0) is 12.6. The number of aromatic nitrogens is 2. The van der Waals surface area contributed by atoms with Crippen molar-refractivity contribution >= 4 is 34.4 Å². The molecule has 0 bridgehead atoms. The molecule has 1 heterocycles. The molecule has 1 aromatic rings. The fraction of sp³-hybridized carbons (Fsp3) is 0.750. The molecule has 0 unspecified atom stereocenters. The molecule has 2 nitrogen and oxygen atoms in total. The first kappa shape index (κ1) is 14.4. The normalized spacial score (nSPS) is 13.2. The van der Waals surface area contributed by atoms with Crippen molar-refractivity contribution in [2.45, 2.75) is 43.2 Å². The maximum atomic E-state index is 4.51. The largest absolute Gasteiger partial charge is 0.325 e. The molecule has 0 N–H and O–H groups in total. The van der Waals surface area contributed by atoms with Crippen molar-refractivity contribution in [1.29, 1.82) is 0 Å². The Morgan fingerprint density at radius 3 is 2.25 bits per heavy atom. The van der Waals surface area contributed by atoms with Crippen LogP contribution in [0, 0.1) is 5.41 Å². The predicted molar refractivity (Wildman–Crippen MR) is 80.4 cm³/mol. The lowest BCUT2D eigenvalue weighted by Gasteiger charge is -2.19. The molecular weight excluding hydrogens is 331 g/mol. The van der Waals surface area contributed by atoms with Gasteiger partial charge in [0.25, 0.3) is 0 Å². The van der Waals surface area contributed by atoms with E-state index in [0.717, 1.165) is 10.9 Å². The summed E-state index contributed by atoms with van der Waals surface area (Å²) in [5.41, 5.74) is 1.63. The maximum absolute atomic E-state index is 4.51. The van der Waals surface area contributed by atoms with E-state index in [2.05, 4.69) is 73.8 Å². The Morgan fingerprint density at radius 2 is 1.88 bits per heavy atom. The maximum Gasteiger partial charge on any atom is 0.167 e. The van der Waals surface area contributed by atoms with Crippen molar-refractivity contribution < 1.29 is 0 Å². The molecule has 0 amide bonds. The Balaban J connectivity index is 2.81. The van der Waals surface area contributed by atoms with Crippen LogP contribution in [0.4, 0.5) is 0 Å². The second-order valence-corrected chi connectivity index (χ2v) is 9.45. The van der Waals surface area contributed by atoms with Gasteiger partial charge in [-0.3, -0.25) is 0 Å². The van der Waals surface area contributed by atoms with E-state index >= 15 is 0 Å². The van der Waals surface area contributed by atoms with Gasteiger partial charge in [0.1, 0.15) is 0 Å². The first-order valence-corrected chi connectivity index (χ1v) is 7.51. The fourth-order valence-electron chi connectivity index (χ4n) is 1.36. The monoisotopic (exact) mass is 352 g/mol. The highest BCUT2D eigenvalue weighted by atomic mass is 127. The van der Waals surface area contributed by atoms with E-state index in [-0.39, 0.29) is 3.42 Å². The van der Waals surface area contributed by atoms with E-state index in [9.17, 15) is 0 Å². The van der Waals surface area contributed by atoms with Gasteiger partial charge in [-0.2, -0.15) is 0 Å². The van der Waals surface area contributed by atoms with Crippen molar-refractivity contribution in [2.24, 2.45) is 12.5 Å². The first-order chi connectivity index (χ1) is 7.11. The van der Waals surface area contributed by atoms with E-state index in [0.29, 0.717) is 5.41 Å². The van der Waals surface area contributed by atoms with Crippen LogP contribution < -0.4 is 0 Å². The topological polar surface area (TPSA) is 17.8 Å². The lowest BCUT2D eigenvalue weighted by Crippen LogP contribution is -2.13. The summed E-state index contributed by atoms with van der Waals surface area (Å²) in [5, 5.41) is 1.12. The Hall–Kier alpha value is 0.290. The number of halogens is 1. The minimum absolute atomic E-state index is 0.139. The summed E-state index contributed by atoms with van der Waals surface area (Å²) in [4.78, 5) is 4.51. The van der Waals surface area contributed by atoms with Gasteiger partial charge in [-0.05, 0) is 19.3 Å². The molecule has 1 aromatic heterocycles. The zero-order valence-electron chi connectivity index (χ0n) is 11.0. The third-order valence-corrected chi connectivity index (χ3v) is 4.39. The number of thioether (sulfide) groups is 1. The number of nitrogens with zero attached hydrogens (tertiary/aromatic N) is 2. The number of alkyl halides is 1. The summed E-state index contributed by atoms with van der Waals surface area (Å²) >= 11 is 4.30. The summed E-state index contributed by atoms with van der Waals surface area (Å²) in [6.45, 7) is 11.2. The molecule has 0 spiro atoms. The second kappa shape index (κ2) is 4.88. The predicted octanol–water partition coefficient (Wildman–Crippen LogP) is 4.23. The smallest absolute Gasteiger partial charge is 0.167 e. The molecule has 0 saturated carbocycles. The zero-order valence-corrected chi connectivity index (χ0v) is 13.9. The average Bonchev–Trinajstić information content (AvgIpc) is 2.41. The number of imidazole rings is 1. The van der Waals surface area contributed by atoms with Crippen molar-refractivity contribution in [3.63, 3.8) is 0 Å². The van der Waals surface area contributed by atoms with Gasteiger partial charge < -0.3 is 4.57 Å². The second-order valence-electron chi connectivity index (χ2n) is 5.81. The van der Waals surface area contributed by atoms with Crippen LogP contribution in [0.2, 0.25) is 0 Å². The van der Waals surface area contributed by atoms with Crippen LogP contribution in [0.1, 0.15) is 40.3 Å². The molecule has 0 radical (unpaired) electrons. The Morgan fingerprint density at radius 1 is 1.31 bits per heavy atom. The fourth-order valence-corrected chi connectivity index (χ4v) is 2.84. The van der Waals surface area contributed by atoms with Gasteiger partial charge in [0.15, 0.2) is 5.16 Å². The van der Waals surface area contributed by atoms with Gasteiger partial charge >= 0.3 is 0 Å². The van der Waals surface area contributed by atoms with Gasteiger partial charge in [0, 0.05) is 12.8 Å². The Labute approximate surface area is 117 Å². The van der Waals surface area contributed by atoms with Gasteiger partial charge in [-0.15, -0.1) is 0 Å². The van der Waals surface area contributed by atoms with Crippen LogP contribution in [0.5, 0.6) is 0 Å². The van der Waals surface area contributed by atoms with Crippen LogP contribution in [-0.2, 0) is 10.5 Å². The molecule has 1 rings (SSSR count). The standard InChI is InChI=1S/C12H21IN2S/c1-11(2,3)8-16-10-14-7-9(15(10)6)12(4,5)13/h7H,8H2,1-6H3. The van der Waals surface area contributed by atoms with E-state index in [1.165, 1.54) is 5.69 Å². The Bertz CT molecular complexity index is 358. The number of rotatable bonds is 3. The van der Waals surface area contributed by atoms with Crippen molar-refractivity contribution in [3.05, 3.63) is 11.9 Å². The van der Waals surface area contributed by atoms with Crippen molar-refractivity contribution in [3.8, 4) is 0 Å². The molecule has 0 saturated heterocycles. The van der Waals surface area contributed by atoms with Crippen molar-refractivity contribution in [1.82, 2.24) is 9.55 Å². The molecular formula is C12H21IN2S. The molecule has 0 aliphatic rings. The van der Waals surface area contributed by atoms with E-state index in [1.54, 1.807) is 0 Å². The van der Waals surface area contributed by atoms with Crippen molar-refractivity contribution in [2.75, 3.05) is 5.75 Å². The molecule has 0 aliphatic carbocycles. The van der Waals surface area contributed by atoms with E-state index in [1.807, 2.05) is 18.0 Å². The highest BCUT2D eigenvalue weighted by Crippen LogP contribution is 2.33. The van der Waals surface area contributed by atoms with Gasteiger partial charge in [-0.1, -0.05) is 55.1 Å². The van der Waals surface area contributed by atoms with E-state index < -0.39 is 0 Å². The number of hydrogen-bond acceptors (Lipinski definition) is 2. The third kappa shape index (κ3) is 3.95. The first-order valence-electron chi connectivity index (χ1n) is 5.45. The quantitative estimate of drug-likeness (QED) is 0.460. The summed E-state index contributed by atoms with van der Waals surface area (Å²) < 4.78 is 2.35. The summed E-state index contributed by atoms with van der Waals surface area (Å²) in [5.74, 6) is 1.10. The highest BCUT2D eigenvalue weighted by molar-refractivity contribution is 14.1. The minimum Gasteiger partial charge on any atom is -0.325 e. The van der Waals surface area contributed by atoms with Gasteiger partial charge in [-0.25, -0.2) is 4.98 Å². The number of hydrogen-bond donors (Lipinski definition) is 0. The molecule has 4 heteroatoms. The molecule has 0 fully saturated rings. The van der Waals surface area contributed by atoms with Crippen LogP contribution in [0.15, 0.2) is 11.4 Å². The molecule has 0 atom stereocenters. The van der Waals surface area contributed by atoms with E-state index in [4.69, 9.17) is 0 Å². The SMILES string of the molecule is Cn1c(C(C)(C)I)cnc1SCC(C)(C)C. The Kier molecular flexibility index (Phi) is 4.38. The lowest BCUT2D eigenvalue weighted by molar-refractivity contribution is 0.480. The summed E-state index contributed by atoms with van der Waals surface area (Å²) in [7, 11) is 2.10. The van der Waals surface area contributed by atoms with Gasteiger partial charge in [0.2, 0.25) is 0 Å². The lowest BCUT2D eigenvalue weighted by atomic mass is 10.0. The van der Waals surface area contributed by atoms with Crippen LogP contribution in [0.3, 0.4) is 0 Å². The third-order valence-electron chi connectivity index (χ3n) is 2.19. The molecule has 0 aromatic carbocycles. The minimum atomic E-state index is 0.139. The van der Waals surface area contributed by atoms with Crippen LogP contribution >= 0.6 is 34.4 Å². The molecule has 16 heavy (non-hydrogen) atoms. The van der Waals surface area contributed by atoms with Gasteiger partial charge in [0.05, 0.1) is 15.3 Å². The molecule has 92 valence electrons. The highest BCUT2D eigenvalue weighted by Gasteiger charge is 2.22. The summed E-state index contributed by atoms with van der Waals surface area (Å²) in [6.07, 6.45) is 2.00. The van der Waals surface area contributed by atoms with Crippen LogP contribution in [-0.4, -0.2) is 15.3 Å². The molecule has 0 aliphatic heterocycles. The van der Waals surface area contributed by atoms with Crippen LogP contribution in [0.25, 0.3) is 0 Å².